The van der Waals surface area contributed by atoms with Gasteiger partial charge in [-0.05, 0) is 64.8 Å². The van der Waals surface area contributed by atoms with Crippen molar-refractivity contribution in [3.63, 3.8) is 0 Å². The number of nitrogens with zero attached hydrogens (tertiary/aromatic N) is 1. The van der Waals surface area contributed by atoms with E-state index in [1.807, 2.05) is 32.0 Å². The van der Waals surface area contributed by atoms with Crippen molar-refractivity contribution in [2.75, 3.05) is 10.6 Å². The van der Waals surface area contributed by atoms with E-state index in [0.717, 1.165) is 11.6 Å². The van der Waals surface area contributed by atoms with Gasteiger partial charge in [-0.25, -0.2) is 14.2 Å². The van der Waals surface area contributed by atoms with Gasteiger partial charge in [0.15, 0.2) is 11.6 Å². The van der Waals surface area contributed by atoms with Crippen molar-refractivity contribution in [3.05, 3.63) is 47.3 Å². The number of benzene rings is 1. The highest BCUT2D eigenvalue weighted by Gasteiger charge is 2.24. The second kappa shape index (κ2) is 10.3. The Morgan fingerprint density at radius 2 is 1.91 bits per heavy atom. The van der Waals surface area contributed by atoms with Crippen molar-refractivity contribution in [3.8, 4) is 0 Å². The Bertz CT molecular complexity index is 975. The monoisotopic (exact) mass is 445 g/mol. The molecule has 0 spiro atoms. The first-order chi connectivity index (χ1) is 14.9. The minimum absolute atomic E-state index is 0.0603. The molecule has 0 radical (unpaired) electrons. The summed E-state index contributed by atoms with van der Waals surface area (Å²) in [5, 5.41) is 8.81. The van der Waals surface area contributed by atoms with Gasteiger partial charge in [0.05, 0.1) is 5.56 Å². The molecule has 0 fully saturated rings. The van der Waals surface area contributed by atoms with E-state index < -0.39 is 23.4 Å². The highest BCUT2D eigenvalue weighted by atomic mass is 19.1. The summed E-state index contributed by atoms with van der Waals surface area (Å²) in [5.74, 6) is -1.45. The van der Waals surface area contributed by atoms with E-state index in [9.17, 15) is 14.0 Å². The molecule has 0 saturated carbocycles. The molecule has 0 bridgehead atoms. The van der Waals surface area contributed by atoms with Gasteiger partial charge in [-0.1, -0.05) is 19.1 Å². The van der Waals surface area contributed by atoms with E-state index in [4.69, 9.17) is 10.5 Å². The summed E-state index contributed by atoms with van der Waals surface area (Å²) < 4.78 is 20.1. The molecule has 1 heterocycles. The Hall–Kier alpha value is -3.36. The molecule has 0 aliphatic heterocycles. The van der Waals surface area contributed by atoms with Gasteiger partial charge in [-0.3, -0.25) is 4.79 Å². The molecule has 9 heteroatoms. The number of amides is 2. The van der Waals surface area contributed by atoms with Gasteiger partial charge >= 0.3 is 6.09 Å². The van der Waals surface area contributed by atoms with E-state index >= 15 is 0 Å². The molecule has 1 aromatic carbocycles. The zero-order valence-electron chi connectivity index (χ0n) is 19.4. The van der Waals surface area contributed by atoms with Gasteiger partial charge in [-0.2, -0.15) is 0 Å². The van der Waals surface area contributed by atoms with Crippen LogP contribution >= 0.6 is 0 Å². The van der Waals surface area contributed by atoms with Crippen LogP contribution in [-0.4, -0.2) is 34.7 Å². The average molecular weight is 446 g/mol. The number of carbonyl (C=O) groups excluding carboxylic acids is 2. The lowest BCUT2D eigenvalue weighted by Gasteiger charge is -2.27. The van der Waals surface area contributed by atoms with Crippen LogP contribution in [0.3, 0.4) is 0 Å². The van der Waals surface area contributed by atoms with Gasteiger partial charge in [0, 0.05) is 17.8 Å². The van der Waals surface area contributed by atoms with Crippen molar-refractivity contribution in [1.29, 1.82) is 0 Å². The smallest absolute Gasteiger partial charge is 0.407 e. The predicted molar refractivity (Wildman–Crippen MR) is 124 cm³/mol. The molecule has 0 unspecified atom stereocenters. The minimum Gasteiger partial charge on any atom is -0.444 e. The number of nitrogens with two attached hydrogens (primary N) is 1. The molecule has 0 aliphatic rings. The number of aryl methyl sites for hydroxylation is 1. The molecule has 0 saturated heterocycles. The Balaban J connectivity index is 2.27. The number of hydrogen-bond acceptors (Lipinski definition) is 6. The largest absolute Gasteiger partial charge is 0.444 e. The molecule has 2 amide bonds. The molecule has 0 aliphatic carbocycles. The molecule has 8 nitrogen and oxygen atoms in total. The Kier molecular flexibility index (Phi) is 8.02. The van der Waals surface area contributed by atoms with Crippen LogP contribution < -0.4 is 21.7 Å². The van der Waals surface area contributed by atoms with E-state index in [0.29, 0.717) is 12.1 Å². The van der Waals surface area contributed by atoms with Crippen LogP contribution in [0.1, 0.15) is 57.0 Å². The number of alkyl carbamates (subject to hydrolysis) is 1. The molecule has 2 aromatic rings. The summed E-state index contributed by atoms with van der Waals surface area (Å²) in [5.41, 5.74) is 6.42. The van der Waals surface area contributed by atoms with Crippen molar-refractivity contribution < 1.29 is 18.7 Å². The fraction of sp³-hybridized carbons (Fsp3) is 0.435. The fourth-order valence-corrected chi connectivity index (χ4v) is 3.08. The number of carbonyl (C=O) groups is 2. The van der Waals surface area contributed by atoms with Crippen LogP contribution in [0.15, 0.2) is 30.3 Å². The number of ether oxygens (including phenoxy) is 1. The topological polar surface area (TPSA) is 118 Å². The van der Waals surface area contributed by atoms with E-state index in [-0.39, 0.29) is 29.3 Å². The van der Waals surface area contributed by atoms with Crippen LogP contribution in [0.4, 0.5) is 26.5 Å². The van der Waals surface area contributed by atoms with Gasteiger partial charge in [-0.15, -0.1) is 0 Å². The molecule has 5 N–H and O–H groups in total. The minimum atomic E-state index is -0.801. The predicted octanol–water partition coefficient (Wildman–Crippen LogP) is 4.48. The standard InChI is InChI=1S/C23H32FN5O3/c1-7-18(14(3)26-22(31)32-23(4,5)6)28-21-17(24)12-16(19(25)30)20(29-21)27-15-10-8-9-13(2)11-15/h8-12,14,18H,7H2,1-6H3,(H2,25,30)(H,26,31)(H2,27,28,29)/t14-,18+/m0/s1. The third kappa shape index (κ3) is 7.11. The summed E-state index contributed by atoms with van der Waals surface area (Å²) in [6.45, 7) is 10.9. The fourth-order valence-electron chi connectivity index (χ4n) is 3.08. The number of primary amides is 1. The third-order valence-corrected chi connectivity index (χ3v) is 4.63. The van der Waals surface area contributed by atoms with Gasteiger partial charge < -0.3 is 26.4 Å². The molecule has 32 heavy (non-hydrogen) atoms. The SMILES string of the molecule is CC[C@@H](Nc1nc(Nc2cccc(C)c2)c(C(N)=O)cc1F)[C@H](C)NC(=O)OC(C)(C)C. The summed E-state index contributed by atoms with van der Waals surface area (Å²) in [7, 11) is 0. The molecule has 2 atom stereocenters. The van der Waals surface area contributed by atoms with E-state index in [2.05, 4.69) is 20.9 Å². The maximum Gasteiger partial charge on any atom is 0.407 e. The van der Waals surface area contributed by atoms with Crippen molar-refractivity contribution >= 4 is 29.3 Å². The first-order valence-electron chi connectivity index (χ1n) is 10.5. The molecule has 2 rings (SSSR count). The number of nitrogens with one attached hydrogen (secondary N) is 3. The lowest BCUT2D eigenvalue weighted by molar-refractivity contribution is 0.0503. The summed E-state index contributed by atoms with van der Waals surface area (Å²) in [4.78, 5) is 28.2. The number of pyridine rings is 1. The van der Waals surface area contributed by atoms with E-state index in [1.165, 1.54) is 0 Å². The first-order valence-corrected chi connectivity index (χ1v) is 10.5. The summed E-state index contributed by atoms with van der Waals surface area (Å²) in [6.07, 6.45) is 0.000549. The highest BCUT2D eigenvalue weighted by molar-refractivity contribution is 5.98. The van der Waals surface area contributed by atoms with Gasteiger partial charge in [0.2, 0.25) is 0 Å². The number of rotatable bonds is 8. The normalized spacial score (nSPS) is 13.1. The van der Waals surface area contributed by atoms with Crippen LogP contribution in [0.2, 0.25) is 0 Å². The Labute approximate surface area is 188 Å². The molecular weight excluding hydrogens is 413 g/mol. The number of hydrogen-bond donors (Lipinski definition) is 4. The van der Waals surface area contributed by atoms with Crippen molar-refractivity contribution in [2.45, 2.75) is 65.6 Å². The van der Waals surface area contributed by atoms with Gasteiger partial charge in [0.25, 0.3) is 5.91 Å². The zero-order valence-corrected chi connectivity index (χ0v) is 19.4. The van der Waals surface area contributed by atoms with Gasteiger partial charge in [0.1, 0.15) is 11.4 Å². The Morgan fingerprint density at radius 1 is 1.22 bits per heavy atom. The lowest BCUT2D eigenvalue weighted by atomic mass is 10.1. The second-order valence-corrected chi connectivity index (χ2v) is 8.67. The van der Waals surface area contributed by atoms with E-state index in [1.54, 1.807) is 33.8 Å². The molecular formula is C23H32FN5O3. The number of anilines is 3. The maximum absolute atomic E-state index is 14.8. The van der Waals surface area contributed by atoms with Crippen LogP contribution in [0, 0.1) is 12.7 Å². The second-order valence-electron chi connectivity index (χ2n) is 8.67. The maximum atomic E-state index is 14.8. The molecule has 174 valence electrons. The number of halogens is 1. The quantitative estimate of drug-likeness (QED) is 0.476. The van der Waals surface area contributed by atoms with Crippen LogP contribution in [0.5, 0.6) is 0 Å². The lowest BCUT2D eigenvalue weighted by Crippen LogP contribution is -2.46. The van der Waals surface area contributed by atoms with Crippen molar-refractivity contribution in [2.24, 2.45) is 5.73 Å². The highest BCUT2D eigenvalue weighted by Crippen LogP contribution is 2.25. The van der Waals surface area contributed by atoms with Crippen LogP contribution in [0.25, 0.3) is 0 Å². The Morgan fingerprint density at radius 3 is 2.47 bits per heavy atom. The number of aromatic nitrogens is 1. The third-order valence-electron chi connectivity index (χ3n) is 4.63. The summed E-state index contributed by atoms with van der Waals surface area (Å²) in [6, 6.07) is 7.75. The molecule has 1 aromatic heterocycles. The zero-order chi connectivity index (χ0) is 24.1. The summed E-state index contributed by atoms with van der Waals surface area (Å²) >= 11 is 0. The van der Waals surface area contributed by atoms with Crippen molar-refractivity contribution in [1.82, 2.24) is 10.3 Å². The van der Waals surface area contributed by atoms with Crippen LogP contribution in [-0.2, 0) is 4.74 Å². The average Bonchev–Trinajstić information content (AvgIpc) is 2.66. The first kappa shape index (κ1) is 24.9.